The first-order valence-corrected chi connectivity index (χ1v) is 5.30. The highest BCUT2D eigenvalue weighted by Crippen LogP contribution is 2.10. The van der Waals surface area contributed by atoms with Gasteiger partial charge < -0.3 is 5.32 Å². The highest BCUT2D eigenvalue weighted by molar-refractivity contribution is 8.14. The van der Waals surface area contributed by atoms with E-state index in [9.17, 15) is 9.59 Å². The maximum Gasteiger partial charge on any atom is 0.219 e. The second-order valence-electron chi connectivity index (χ2n) is 2.57. The molecule has 3 nitrogen and oxygen atoms in total. The van der Waals surface area contributed by atoms with E-state index in [1.54, 1.807) is 13.0 Å². The Labute approximate surface area is 88.6 Å². The van der Waals surface area contributed by atoms with E-state index in [1.165, 1.54) is 24.8 Å². The number of hydrogen-bond donors (Lipinski definition) is 1. The van der Waals surface area contributed by atoms with E-state index in [1.807, 2.05) is 0 Å². The first-order valence-electron chi connectivity index (χ1n) is 4.32. The van der Waals surface area contributed by atoms with Gasteiger partial charge in [-0.3, -0.25) is 9.59 Å². The standard InChI is InChI=1S/C10H15NO2S/c1-4-9(5-2)10(13)14-7-6-11-8(3)12/h4-5H,1,6-7H2,2-3H3,(H,11,12)/b9-5+. The Kier molecular flexibility index (Phi) is 6.84. The van der Waals surface area contributed by atoms with E-state index in [2.05, 4.69) is 11.9 Å². The van der Waals surface area contributed by atoms with Crippen LogP contribution < -0.4 is 5.32 Å². The summed E-state index contributed by atoms with van der Waals surface area (Å²) < 4.78 is 0. The summed E-state index contributed by atoms with van der Waals surface area (Å²) in [6, 6.07) is 0. The number of amides is 1. The van der Waals surface area contributed by atoms with E-state index in [0.29, 0.717) is 17.9 Å². The second-order valence-corrected chi connectivity index (χ2v) is 3.63. The van der Waals surface area contributed by atoms with Crippen LogP contribution in [0.2, 0.25) is 0 Å². The predicted molar refractivity (Wildman–Crippen MR) is 60.1 cm³/mol. The molecule has 0 unspecified atom stereocenters. The van der Waals surface area contributed by atoms with E-state index in [4.69, 9.17) is 0 Å². The average molecular weight is 213 g/mol. The van der Waals surface area contributed by atoms with Crippen LogP contribution in [0.5, 0.6) is 0 Å². The Bertz CT molecular complexity index is 259. The first kappa shape index (κ1) is 13.0. The molecule has 0 heterocycles. The number of hydrogen-bond acceptors (Lipinski definition) is 3. The van der Waals surface area contributed by atoms with Gasteiger partial charge in [-0.05, 0) is 6.92 Å². The summed E-state index contributed by atoms with van der Waals surface area (Å²) >= 11 is 1.18. The second kappa shape index (κ2) is 7.38. The monoisotopic (exact) mass is 213 g/mol. The molecule has 0 rings (SSSR count). The molecule has 0 spiro atoms. The molecule has 0 fully saturated rings. The molecular formula is C10H15NO2S. The van der Waals surface area contributed by atoms with Crippen LogP contribution in [0.4, 0.5) is 0 Å². The molecule has 0 aromatic rings. The quantitative estimate of drug-likeness (QED) is 0.428. The minimum absolute atomic E-state index is 0.00662. The van der Waals surface area contributed by atoms with Gasteiger partial charge in [-0.25, -0.2) is 0 Å². The first-order chi connectivity index (χ1) is 6.61. The topological polar surface area (TPSA) is 46.2 Å². The van der Waals surface area contributed by atoms with Crippen molar-refractivity contribution in [3.63, 3.8) is 0 Å². The van der Waals surface area contributed by atoms with E-state index in [0.717, 1.165) is 0 Å². The van der Waals surface area contributed by atoms with Gasteiger partial charge in [0.25, 0.3) is 0 Å². The fourth-order valence-corrected chi connectivity index (χ4v) is 1.53. The number of thioether (sulfide) groups is 1. The van der Waals surface area contributed by atoms with Crippen LogP contribution in [0.1, 0.15) is 13.8 Å². The lowest BCUT2D eigenvalue weighted by Crippen LogP contribution is -2.22. The maximum absolute atomic E-state index is 11.4. The SMILES string of the molecule is C=C/C(=C\C)C(=O)SCCNC(C)=O. The molecule has 1 amide bonds. The molecular weight excluding hydrogens is 198 g/mol. The summed E-state index contributed by atoms with van der Waals surface area (Å²) in [4.78, 5) is 21.9. The van der Waals surface area contributed by atoms with Gasteiger partial charge in [0.1, 0.15) is 0 Å². The number of carbonyl (C=O) groups excluding carboxylic acids is 2. The minimum Gasteiger partial charge on any atom is -0.356 e. The van der Waals surface area contributed by atoms with Crippen LogP contribution in [0.15, 0.2) is 24.3 Å². The highest BCUT2D eigenvalue weighted by atomic mass is 32.2. The molecule has 0 aliphatic carbocycles. The molecule has 0 atom stereocenters. The van der Waals surface area contributed by atoms with Gasteiger partial charge in [0.2, 0.25) is 11.0 Å². The number of rotatable bonds is 5. The fraction of sp³-hybridized carbons (Fsp3) is 0.400. The molecule has 0 saturated carbocycles. The van der Waals surface area contributed by atoms with Gasteiger partial charge >= 0.3 is 0 Å². The highest BCUT2D eigenvalue weighted by Gasteiger charge is 2.04. The van der Waals surface area contributed by atoms with Gasteiger partial charge in [-0.1, -0.05) is 30.5 Å². The summed E-state index contributed by atoms with van der Waals surface area (Å²) in [5.74, 6) is 0.511. The Balaban J connectivity index is 3.74. The number of nitrogens with one attached hydrogen (secondary N) is 1. The van der Waals surface area contributed by atoms with Crippen LogP contribution in [0.25, 0.3) is 0 Å². The summed E-state index contributed by atoms with van der Waals surface area (Å²) in [5, 5.41) is 2.61. The largest absolute Gasteiger partial charge is 0.356 e. The van der Waals surface area contributed by atoms with Crippen molar-refractivity contribution in [2.24, 2.45) is 0 Å². The Morgan fingerprint density at radius 1 is 1.50 bits per heavy atom. The molecule has 0 bridgehead atoms. The lowest BCUT2D eigenvalue weighted by molar-refractivity contribution is -0.118. The molecule has 14 heavy (non-hydrogen) atoms. The molecule has 1 N–H and O–H groups in total. The fourth-order valence-electron chi connectivity index (χ4n) is 0.773. The van der Waals surface area contributed by atoms with Crippen molar-refractivity contribution in [2.75, 3.05) is 12.3 Å². The molecule has 0 aromatic heterocycles. The third-order valence-electron chi connectivity index (χ3n) is 1.48. The van der Waals surface area contributed by atoms with Gasteiger partial charge in [0.05, 0.1) is 0 Å². The molecule has 4 heteroatoms. The van der Waals surface area contributed by atoms with Crippen LogP contribution in [0.3, 0.4) is 0 Å². The summed E-state index contributed by atoms with van der Waals surface area (Å²) in [6.07, 6.45) is 3.26. The van der Waals surface area contributed by atoms with Crippen molar-refractivity contribution in [2.45, 2.75) is 13.8 Å². The Morgan fingerprint density at radius 3 is 2.57 bits per heavy atom. The van der Waals surface area contributed by atoms with Crippen molar-refractivity contribution in [3.05, 3.63) is 24.3 Å². The van der Waals surface area contributed by atoms with E-state index < -0.39 is 0 Å². The molecule has 0 aliphatic heterocycles. The zero-order valence-electron chi connectivity index (χ0n) is 8.50. The van der Waals surface area contributed by atoms with Crippen molar-refractivity contribution in [1.82, 2.24) is 5.32 Å². The van der Waals surface area contributed by atoms with E-state index >= 15 is 0 Å². The maximum atomic E-state index is 11.4. The molecule has 0 aliphatic rings. The zero-order valence-corrected chi connectivity index (χ0v) is 9.32. The van der Waals surface area contributed by atoms with Gasteiger partial charge in [-0.15, -0.1) is 0 Å². The summed E-state index contributed by atoms with van der Waals surface area (Å²) in [6.45, 7) is 7.30. The molecule has 0 aromatic carbocycles. The zero-order chi connectivity index (χ0) is 11.0. The normalized spacial score (nSPS) is 10.9. The lowest BCUT2D eigenvalue weighted by Gasteiger charge is -2.01. The third kappa shape index (κ3) is 5.59. The summed E-state index contributed by atoms with van der Waals surface area (Å²) in [7, 11) is 0. The predicted octanol–water partition coefficient (Wildman–Crippen LogP) is 1.51. The summed E-state index contributed by atoms with van der Waals surface area (Å²) in [5.41, 5.74) is 0.609. The minimum atomic E-state index is -0.0759. The van der Waals surface area contributed by atoms with Crippen molar-refractivity contribution in [1.29, 1.82) is 0 Å². The van der Waals surface area contributed by atoms with Crippen molar-refractivity contribution in [3.8, 4) is 0 Å². The molecule has 78 valence electrons. The Morgan fingerprint density at radius 2 is 2.14 bits per heavy atom. The van der Waals surface area contributed by atoms with E-state index in [-0.39, 0.29) is 11.0 Å². The molecule has 0 saturated heterocycles. The third-order valence-corrected chi connectivity index (χ3v) is 2.38. The lowest BCUT2D eigenvalue weighted by atomic mass is 10.3. The van der Waals surface area contributed by atoms with Crippen LogP contribution in [0, 0.1) is 0 Å². The van der Waals surface area contributed by atoms with Crippen LogP contribution in [-0.4, -0.2) is 23.3 Å². The average Bonchev–Trinajstić information content (AvgIpc) is 2.14. The van der Waals surface area contributed by atoms with Crippen molar-refractivity contribution < 1.29 is 9.59 Å². The molecule has 0 radical (unpaired) electrons. The Hall–Kier alpha value is -1.03. The van der Waals surface area contributed by atoms with Gasteiger partial charge in [-0.2, -0.15) is 0 Å². The van der Waals surface area contributed by atoms with Crippen LogP contribution in [-0.2, 0) is 9.59 Å². The van der Waals surface area contributed by atoms with Gasteiger partial charge in [0, 0.05) is 24.8 Å². The smallest absolute Gasteiger partial charge is 0.219 e. The van der Waals surface area contributed by atoms with Crippen LogP contribution >= 0.6 is 11.8 Å². The van der Waals surface area contributed by atoms with Gasteiger partial charge in [0.15, 0.2) is 0 Å². The number of allylic oxidation sites excluding steroid dienone is 2. The number of carbonyl (C=O) groups is 2. The van der Waals surface area contributed by atoms with Crippen molar-refractivity contribution >= 4 is 22.8 Å².